The molecule has 0 saturated heterocycles. The Labute approximate surface area is 124 Å². The second-order valence-electron chi connectivity index (χ2n) is 4.65. The van der Waals surface area contributed by atoms with Crippen LogP contribution >= 0.6 is 11.3 Å². The van der Waals surface area contributed by atoms with Crippen molar-refractivity contribution >= 4 is 21.4 Å². The highest BCUT2D eigenvalue weighted by Crippen LogP contribution is 2.17. The third-order valence-electron chi connectivity index (χ3n) is 3.00. The van der Waals surface area contributed by atoms with Crippen LogP contribution < -0.4 is 0 Å². The standard InChI is InChI=1S/C14H19NO3S2/c1-2-3-9-20(16,17)15(10-13-6-8-19-12-13)11-14-5-4-7-18-14/h4-8,12H,2-3,9-11H2,1H3. The number of nitrogens with zero attached hydrogens (tertiary/aromatic N) is 1. The molecule has 0 aliphatic rings. The summed E-state index contributed by atoms with van der Waals surface area (Å²) in [5.41, 5.74) is 1.02. The summed E-state index contributed by atoms with van der Waals surface area (Å²) in [6.07, 6.45) is 3.11. The monoisotopic (exact) mass is 313 g/mol. The van der Waals surface area contributed by atoms with Gasteiger partial charge in [-0.2, -0.15) is 15.6 Å². The SMILES string of the molecule is CCCCS(=O)(=O)N(Cc1ccsc1)Cc1ccco1. The molecular formula is C14H19NO3S2. The number of furan rings is 1. The number of unbranched alkanes of at least 4 members (excludes halogenated alkanes) is 1. The van der Waals surface area contributed by atoms with E-state index in [-0.39, 0.29) is 12.3 Å². The van der Waals surface area contributed by atoms with E-state index >= 15 is 0 Å². The van der Waals surface area contributed by atoms with Gasteiger partial charge in [-0.05, 0) is 40.9 Å². The van der Waals surface area contributed by atoms with E-state index in [2.05, 4.69) is 0 Å². The van der Waals surface area contributed by atoms with Gasteiger partial charge in [0.2, 0.25) is 10.0 Å². The summed E-state index contributed by atoms with van der Waals surface area (Å²) in [6, 6.07) is 5.53. The molecule has 0 unspecified atom stereocenters. The first kappa shape index (κ1) is 15.3. The first-order valence-corrected chi connectivity index (χ1v) is 9.18. The van der Waals surface area contributed by atoms with Crippen LogP contribution in [0.2, 0.25) is 0 Å². The Morgan fingerprint density at radius 2 is 2.15 bits per heavy atom. The molecule has 0 aromatic carbocycles. The lowest BCUT2D eigenvalue weighted by atomic mass is 10.3. The predicted octanol–water partition coefficient (Wildman–Crippen LogP) is 3.47. The Morgan fingerprint density at radius 1 is 1.30 bits per heavy atom. The summed E-state index contributed by atoms with van der Waals surface area (Å²) < 4.78 is 31.6. The summed E-state index contributed by atoms with van der Waals surface area (Å²) in [5.74, 6) is 0.856. The minimum absolute atomic E-state index is 0.189. The molecule has 4 nitrogen and oxygen atoms in total. The number of hydrogen-bond acceptors (Lipinski definition) is 4. The lowest BCUT2D eigenvalue weighted by Gasteiger charge is -2.20. The summed E-state index contributed by atoms with van der Waals surface area (Å²) in [7, 11) is -3.26. The van der Waals surface area contributed by atoms with Gasteiger partial charge < -0.3 is 4.42 Å². The van der Waals surface area contributed by atoms with Gasteiger partial charge in [0, 0.05) is 6.54 Å². The van der Waals surface area contributed by atoms with E-state index in [0.29, 0.717) is 18.7 Å². The van der Waals surface area contributed by atoms with E-state index < -0.39 is 10.0 Å². The summed E-state index contributed by atoms with van der Waals surface area (Å²) in [6.45, 7) is 2.68. The molecule has 0 aliphatic heterocycles. The van der Waals surface area contributed by atoms with E-state index in [0.717, 1.165) is 12.0 Å². The Morgan fingerprint density at radius 3 is 2.75 bits per heavy atom. The average Bonchev–Trinajstić information content (AvgIpc) is 3.09. The third kappa shape index (κ3) is 4.19. The van der Waals surface area contributed by atoms with Crippen LogP contribution in [0.4, 0.5) is 0 Å². The maximum Gasteiger partial charge on any atom is 0.214 e. The molecule has 110 valence electrons. The van der Waals surface area contributed by atoms with E-state index in [4.69, 9.17) is 4.42 Å². The molecule has 0 N–H and O–H groups in total. The van der Waals surface area contributed by atoms with E-state index in [1.165, 1.54) is 4.31 Å². The first-order valence-electron chi connectivity index (χ1n) is 6.63. The number of rotatable bonds is 8. The molecule has 2 aromatic heterocycles. The Bertz CT molecular complexity index is 552. The quantitative estimate of drug-likeness (QED) is 0.750. The Hall–Kier alpha value is -1.11. The predicted molar refractivity (Wildman–Crippen MR) is 81.0 cm³/mol. The largest absolute Gasteiger partial charge is 0.468 e. The fraction of sp³-hybridized carbons (Fsp3) is 0.429. The van der Waals surface area contributed by atoms with Crippen molar-refractivity contribution in [1.82, 2.24) is 4.31 Å². The van der Waals surface area contributed by atoms with Gasteiger partial charge in [-0.1, -0.05) is 13.3 Å². The van der Waals surface area contributed by atoms with E-state index in [1.54, 1.807) is 29.7 Å². The minimum Gasteiger partial charge on any atom is -0.468 e. The molecule has 0 bridgehead atoms. The molecule has 2 rings (SSSR count). The summed E-state index contributed by atoms with van der Waals surface area (Å²) >= 11 is 1.57. The van der Waals surface area contributed by atoms with Crippen molar-refractivity contribution in [2.75, 3.05) is 5.75 Å². The zero-order valence-corrected chi connectivity index (χ0v) is 13.1. The fourth-order valence-corrected chi connectivity index (χ4v) is 4.11. The van der Waals surface area contributed by atoms with Gasteiger partial charge in [0.05, 0.1) is 18.6 Å². The van der Waals surface area contributed by atoms with Crippen molar-refractivity contribution in [2.45, 2.75) is 32.9 Å². The van der Waals surface area contributed by atoms with Crippen LogP contribution in [0.25, 0.3) is 0 Å². The number of hydrogen-bond donors (Lipinski definition) is 0. The molecule has 2 heterocycles. The second kappa shape index (κ2) is 7.06. The highest BCUT2D eigenvalue weighted by atomic mass is 32.2. The maximum atomic E-state index is 12.4. The van der Waals surface area contributed by atoms with Crippen molar-refractivity contribution in [2.24, 2.45) is 0 Å². The van der Waals surface area contributed by atoms with Crippen LogP contribution in [0.3, 0.4) is 0 Å². The maximum absolute atomic E-state index is 12.4. The van der Waals surface area contributed by atoms with Crippen LogP contribution in [-0.2, 0) is 23.1 Å². The molecule has 0 atom stereocenters. The number of sulfonamides is 1. The van der Waals surface area contributed by atoms with Crippen LogP contribution in [0, 0.1) is 0 Å². The molecule has 6 heteroatoms. The van der Waals surface area contributed by atoms with Gasteiger partial charge in [-0.15, -0.1) is 0 Å². The van der Waals surface area contributed by atoms with Crippen LogP contribution in [0.1, 0.15) is 31.1 Å². The van der Waals surface area contributed by atoms with Crippen LogP contribution in [-0.4, -0.2) is 18.5 Å². The Kier molecular flexibility index (Phi) is 5.39. The van der Waals surface area contributed by atoms with Gasteiger partial charge in [0.15, 0.2) is 0 Å². The molecule has 0 saturated carbocycles. The van der Waals surface area contributed by atoms with E-state index in [9.17, 15) is 8.42 Å². The second-order valence-corrected chi connectivity index (χ2v) is 7.52. The molecule has 0 aliphatic carbocycles. The molecule has 0 amide bonds. The fourth-order valence-electron chi connectivity index (χ4n) is 1.87. The zero-order chi connectivity index (χ0) is 14.4. The van der Waals surface area contributed by atoms with Crippen molar-refractivity contribution < 1.29 is 12.8 Å². The third-order valence-corrected chi connectivity index (χ3v) is 5.58. The van der Waals surface area contributed by atoms with Crippen molar-refractivity contribution in [1.29, 1.82) is 0 Å². The molecule has 0 spiro atoms. The highest BCUT2D eigenvalue weighted by molar-refractivity contribution is 7.89. The first-order chi connectivity index (χ1) is 9.62. The van der Waals surface area contributed by atoms with Crippen LogP contribution in [0.15, 0.2) is 39.6 Å². The smallest absolute Gasteiger partial charge is 0.214 e. The lowest BCUT2D eigenvalue weighted by molar-refractivity contribution is 0.358. The summed E-state index contributed by atoms with van der Waals surface area (Å²) in [4.78, 5) is 0. The minimum atomic E-state index is -3.26. The van der Waals surface area contributed by atoms with Gasteiger partial charge in [0.1, 0.15) is 5.76 Å². The number of thiophene rings is 1. The van der Waals surface area contributed by atoms with Gasteiger partial charge in [-0.3, -0.25) is 0 Å². The lowest BCUT2D eigenvalue weighted by Crippen LogP contribution is -2.32. The van der Waals surface area contributed by atoms with Crippen molar-refractivity contribution in [3.63, 3.8) is 0 Å². The molecule has 0 radical (unpaired) electrons. The average molecular weight is 313 g/mol. The normalized spacial score (nSPS) is 12.1. The molecule has 20 heavy (non-hydrogen) atoms. The van der Waals surface area contributed by atoms with Crippen LogP contribution in [0.5, 0.6) is 0 Å². The molecular weight excluding hydrogens is 294 g/mol. The van der Waals surface area contributed by atoms with Gasteiger partial charge in [-0.25, -0.2) is 8.42 Å². The van der Waals surface area contributed by atoms with Gasteiger partial charge >= 0.3 is 0 Å². The van der Waals surface area contributed by atoms with Gasteiger partial charge in [0.25, 0.3) is 0 Å². The Balaban J connectivity index is 2.14. The van der Waals surface area contributed by atoms with E-state index in [1.807, 2.05) is 23.8 Å². The topological polar surface area (TPSA) is 50.5 Å². The highest BCUT2D eigenvalue weighted by Gasteiger charge is 2.23. The zero-order valence-electron chi connectivity index (χ0n) is 11.5. The van der Waals surface area contributed by atoms with Crippen molar-refractivity contribution in [3.8, 4) is 0 Å². The molecule has 0 fully saturated rings. The summed E-state index contributed by atoms with van der Waals surface area (Å²) in [5, 5.41) is 3.93. The molecule has 2 aromatic rings. The van der Waals surface area contributed by atoms with Crippen molar-refractivity contribution in [3.05, 3.63) is 46.5 Å².